The van der Waals surface area contributed by atoms with Crippen LogP contribution in [0.3, 0.4) is 0 Å². The van der Waals surface area contributed by atoms with Gasteiger partial charge < -0.3 is 4.74 Å². The van der Waals surface area contributed by atoms with Crippen molar-refractivity contribution in [3.63, 3.8) is 0 Å². The Hall–Kier alpha value is -1.86. The topological polar surface area (TPSA) is 81.2 Å². The van der Waals surface area contributed by atoms with Crippen molar-refractivity contribution < 1.29 is 13.2 Å². The molecule has 1 aromatic carbocycles. The smallest absolute Gasteiger partial charge is 0.264 e. The number of nitrogens with zero attached hydrogens (tertiary/aromatic N) is 2. The summed E-state index contributed by atoms with van der Waals surface area (Å²) in [6.45, 7) is 2.63. The van der Waals surface area contributed by atoms with Crippen molar-refractivity contribution in [3.8, 4) is 5.75 Å². The molecule has 0 aliphatic carbocycles. The fraction of sp³-hybridized carbons (Fsp3) is 0.231. The highest BCUT2D eigenvalue weighted by Gasteiger charge is 2.15. The van der Waals surface area contributed by atoms with Crippen LogP contribution in [0.4, 0.5) is 5.69 Å². The second-order valence-electron chi connectivity index (χ2n) is 4.17. The predicted molar refractivity (Wildman–Crippen MR) is 80.1 cm³/mol. The number of benzene rings is 1. The summed E-state index contributed by atoms with van der Waals surface area (Å²) in [7, 11) is -3.73. The quantitative estimate of drug-likeness (QED) is 0.825. The molecule has 1 heterocycles. The van der Waals surface area contributed by atoms with E-state index in [1.54, 1.807) is 24.3 Å². The van der Waals surface area contributed by atoms with Gasteiger partial charge in [-0.3, -0.25) is 4.72 Å². The number of rotatable bonds is 6. The largest absolute Gasteiger partial charge is 0.494 e. The Morgan fingerprint density at radius 2 is 1.81 bits per heavy atom. The Morgan fingerprint density at radius 1 is 1.19 bits per heavy atom. The Morgan fingerprint density at radius 3 is 2.38 bits per heavy atom. The third-order valence-electron chi connectivity index (χ3n) is 2.49. The van der Waals surface area contributed by atoms with E-state index >= 15 is 0 Å². The summed E-state index contributed by atoms with van der Waals surface area (Å²) in [5.41, 5.74) is 0.425. The fourth-order valence-electron chi connectivity index (χ4n) is 1.49. The fourth-order valence-corrected chi connectivity index (χ4v) is 2.54. The number of sulfonamides is 1. The van der Waals surface area contributed by atoms with Gasteiger partial charge in [0.15, 0.2) is 0 Å². The molecule has 0 spiro atoms. The Labute approximate surface area is 128 Å². The van der Waals surface area contributed by atoms with E-state index in [9.17, 15) is 8.42 Å². The van der Waals surface area contributed by atoms with Crippen molar-refractivity contribution in [1.82, 2.24) is 9.97 Å². The maximum absolute atomic E-state index is 12.1. The monoisotopic (exact) mass is 327 g/mol. The average Bonchev–Trinajstić information content (AvgIpc) is 2.47. The minimum absolute atomic E-state index is 0.00799. The van der Waals surface area contributed by atoms with Crippen LogP contribution in [0.25, 0.3) is 0 Å². The molecule has 0 unspecified atom stereocenters. The second kappa shape index (κ2) is 6.73. The zero-order valence-electron chi connectivity index (χ0n) is 11.3. The van der Waals surface area contributed by atoms with Gasteiger partial charge in [0.25, 0.3) is 10.0 Å². The molecule has 0 atom stereocenters. The van der Waals surface area contributed by atoms with Crippen LogP contribution in [0.1, 0.15) is 13.3 Å². The first-order valence-electron chi connectivity index (χ1n) is 6.24. The molecule has 0 saturated carbocycles. The summed E-state index contributed by atoms with van der Waals surface area (Å²) in [5.74, 6) is 0.689. The van der Waals surface area contributed by atoms with Crippen LogP contribution < -0.4 is 9.46 Å². The summed E-state index contributed by atoms with van der Waals surface area (Å²) in [4.78, 5) is 7.24. The van der Waals surface area contributed by atoms with Gasteiger partial charge in [0.2, 0.25) is 5.28 Å². The molecule has 0 saturated heterocycles. The van der Waals surface area contributed by atoms with Gasteiger partial charge in [-0.25, -0.2) is 18.4 Å². The lowest BCUT2D eigenvalue weighted by Gasteiger charge is -2.09. The van der Waals surface area contributed by atoms with Gasteiger partial charge in [-0.05, 0) is 42.3 Å². The summed E-state index contributed by atoms with van der Waals surface area (Å²) in [5, 5.41) is -0.00799. The second-order valence-corrected chi connectivity index (χ2v) is 6.19. The van der Waals surface area contributed by atoms with Crippen LogP contribution in [0.2, 0.25) is 5.28 Å². The van der Waals surface area contributed by atoms with Crippen molar-refractivity contribution in [2.45, 2.75) is 18.2 Å². The third-order valence-corrected chi connectivity index (χ3v) is 4.02. The standard InChI is InChI=1S/C13H14ClN3O3S/c1-2-7-20-11-5-3-10(4-6-11)17-21(18,19)12-8-15-13(14)16-9-12/h3-6,8-9,17H,2,7H2,1H3. The first-order valence-corrected chi connectivity index (χ1v) is 8.10. The van der Waals surface area contributed by atoms with Crippen molar-refractivity contribution in [2.75, 3.05) is 11.3 Å². The van der Waals surface area contributed by atoms with Gasteiger partial charge in [-0.15, -0.1) is 0 Å². The average molecular weight is 328 g/mol. The molecule has 8 heteroatoms. The molecule has 0 radical (unpaired) electrons. The van der Waals surface area contributed by atoms with Crippen LogP contribution in [0, 0.1) is 0 Å². The molecule has 0 amide bonds. The van der Waals surface area contributed by atoms with E-state index in [0.717, 1.165) is 18.8 Å². The van der Waals surface area contributed by atoms with Crippen molar-refractivity contribution in [1.29, 1.82) is 0 Å². The van der Waals surface area contributed by atoms with Crippen molar-refractivity contribution >= 4 is 27.3 Å². The van der Waals surface area contributed by atoms with Crippen LogP contribution >= 0.6 is 11.6 Å². The Bertz CT molecular complexity index is 688. The van der Waals surface area contributed by atoms with Crippen LogP contribution in [0.15, 0.2) is 41.6 Å². The number of anilines is 1. The lowest BCUT2D eigenvalue weighted by atomic mass is 10.3. The Kier molecular flexibility index (Phi) is 4.98. The van der Waals surface area contributed by atoms with E-state index in [1.165, 1.54) is 0 Å². The van der Waals surface area contributed by atoms with E-state index in [-0.39, 0.29) is 10.2 Å². The van der Waals surface area contributed by atoms with E-state index in [0.29, 0.717) is 18.0 Å². The van der Waals surface area contributed by atoms with Gasteiger partial charge in [-0.1, -0.05) is 6.92 Å². The van der Waals surface area contributed by atoms with Gasteiger partial charge in [-0.2, -0.15) is 0 Å². The molecule has 0 aliphatic rings. The lowest BCUT2D eigenvalue weighted by molar-refractivity contribution is 0.317. The van der Waals surface area contributed by atoms with Gasteiger partial charge in [0.05, 0.1) is 19.0 Å². The number of halogens is 1. The van der Waals surface area contributed by atoms with Gasteiger partial charge in [0, 0.05) is 5.69 Å². The van der Waals surface area contributed by atoms with E-state index in [4.69, 9.17) is 16.3 Å². The van der Waals surface area contributed by atoms with E-state index in [2.05, 4.69) is 14.7 Å². The first-order chi connectivity index (χ1) is 10.0. The molecule has 112 valence electrons. The minimum atomic E-state index is -3.73. The molecule has 2 aromatic rings. The number of aromatic nitrogens is 2. The van der Waals surface area contributed by atoms with Crippen molar-refractivity contribution in [2.24, 2.45) is 0 Å². The summed E-state index contributed by atoms with van der Waals surface area (Å²) < 4.78 is 32.1. The molecule has 1 N–H and O–H groups in total. The Balaban J connectivity index is 2.11. The summed E-state index contributed by atoms with van der Waals surface area (Å²) in [6, 6.07) is 6.65. The molecule has 2 rings (SSSR count). The molecule has 6 nitrogen and oxygen atoms in total. The van der Waals surface area contributed by atoms with Gasteiger partial charge in [0.1, 0.15) is 10.6 Å². The molecule has 0 fully saturated rings. The predicted octanol–water partition coefficient (Wildman–Crippen LogP) is 2.72. The van der Waals surface area contributed by atoms with Crippen LogP contribution in [-0.2, 0) is 10.0 Å². The zero-order valence-corrected chi connectivity index (χ0v) is 12.9. The van der Waals surface area contributed by atoms with E-state index < -0.39 is 10.0 Å². The van der Waals surface area contributed by atoms with Gasteiger partial charge >= 0.3 is 0 Å². The number of nitrogens with one attached hydrogen (secondary N) is 1. The molecule has 0 bridgehead atoms. The maximum atomic E-state index is 12.1. The third kappa shape index (κ3) is 4.30. The van der Waals surface area contributed by atoms with Crippen LogP contribution in [0.5, 0.6) is 5.75 Å². The molecule has 0 aliphatic heterocycles. The van der Waals surface area contributed by atoms with Crippen molar-refractivity contribution in [3.05, 3.63) is 41.9 Å². The minimum Gasteiger partial charge on any atom is -0.494 e. The molecule has 1 aromatic heterocycles. The maximum Gasteiger partial charge on any atom is 0.264 e. The summed E-state index contributed by atoms with van der Waals surface area (Å²) >= 11 is 5.53. The van der Waals surface area contributed by atoms with Crippen LogP contribution in [-0.4, -0.2) is 25.0 Å². The number of ether oxygens (including phenoxy) is 1. The number of hydrogen-bond donors (Lipinski definition) is 1. The summed E-state index contributed by atoms with van der Waals surface area (Å²) in [6.07, 6.45) is 3.21. The molecular formula is C13H14ClN3O3S. The normalized spacial score (nSPS) is 11.1. The highest BCUT2D eigenvalue weighted by atomic mass is 35.5. The molecular weight excluding hydrogens is 314 g/mol. The first kappa shape index (κ1) is 15.5. The number of hydrogen-bond acceptors (Lipinski definition) is 5. The lowest BCUT2D eigenvalue weighted by Crippen LogP contribution is -2.13. The van der Waals surface area contributed by atoms with E-state index in [1.807, 2.05) is 6.92 Å². The highest BCUT2D eigenvalue weighted by Crippen LogP contribution is 2.19. The highest BCUT2D eigenvalue weighted by molar-refractivity contribution is 7.92. The SMILES string of the molecule is CCCOc1ccc(NS(=O)(=O)c2cnc(Cl)nc2)cc1. The molecule has 21 heavy (non-hydrogen) atoms. The zero-order chi connectivity index (χ0) is 15.3.